The lowest BCUT2D eigenvalue weighted by Gasteiger charge is -2.34. The van der Waals surface area contributed by atoms with Crippen LogP contribution in [0.3, 0.4) is 0 Å². The summed E-state index contributed by atoms with van der Waals surface area (Å²) in [5.74, 6) is 0.340. The molecule has 1 unspecified atom stereocenters. The molecule has 2 rings (SSSR count). The number of rotatable bonds is 4. The van der Waals surface area contributed by atoms with Gasteiger partial charge in [-0.05, 0) is 36.7 Å². The molecule has 1 aliphatic rings. The average molecular weight is 287 g/mol. The number of nitrogens with one attached hydrogen (secondary N) is 1. The first kappa shape index (κ1) is 15.9. The molecular weight excluding hydrogens is 267 g/mol. The highest BCUT2D eigenvalue weighted by Gasteiger charge is 2.30. The maximum Gasteiger partial charge on any atom is 0.225 e. The van der Waals surface area contributed by atoms with Crippen molar-refractivity contribution in [1.82, 2.24) is 10.2 Å². The molecule has 0 aliphatic carbocycles. The second kappa shape index (κ2) is 6.87. The van der Waals surface area contributed by atoms with Gasteiger partial charge in [-0.15, -0.1) is 12.4 Å². The minimum absolute atomic E-state index is 0. The molecular formula is C14H20ClFN2O. The Morgan fingerprint density at radius 2 is 2.21 bits per heavy atom. The van der Waals surface area contributed by atoms with E-state index in [1.165, 1.54) is 12.1 Å². The van der Waals surface area contributed by atoms with Crippen molar-refractivity contribution in [1.29, 1.82) is 0 Å². The Morgan fingerprint density at radius 3 is 2.74 bits per heavy atom. The third-order valence-corrected chi connectivity index (χ3v) is 3.59. The molecule has 106 valence electrons. The van der Waals surface area contributed by atoms with E-state index in [-0.39, 0.29) is 30.0 Å². The molecule has 1 fully saturated rings. The Hall–Kier alpha value is -1.13. The van der Waals surface area contributed by atoms with Crippen molar-refractivity contribution >= 4 is 18.3 Å². The number of benzene rings is 1. The fraction of sp³-hybridized carbons (Fsp3) is 0.500. The second-order valence-corrected chi connectivity index (χ2v) is 5.03. The van der Waals surface area contributed by atoms with Gasteiger partial charge in [0.2, 0.25) is 5.91 Å². The van der Waals surface area contributed by atoms with Gasteiger partial charge in [-0.3, -0.25) is 4.79 Å². The van der Waals surface area contributed by atoms with Crippen molar-refractivity contribution < 1.29 is 9.18 Å². The van der Waals surface area contributed by atoms with Gasteiger partial charge in [0.1, 0.15) is 5.82 Å². The normalized spacial score (nSPS) is 16.2. The number of hydrogen-bond acceptors (Lipinski definition) is 2. The zero-order valence-electron chi connectivity index (χ0n) is 11.2. The largest absolute Gasteiger partial charge is 0.341 e. The monoisotopic (exact) mass is 286 g/mol. The van der Waals surface area contributed by atoms with Crippen LogP contribution in [0.1, 0.15) is 12.5 Å². The van der Waals surface area contributed by atoms with Gasteiger partial charge in [0.15, 0.2) is 0 Å². The van der Waals surface area contributed by atoms with Crippen LogP contribution in [0.2, 0.25) is 0 Å². The van der Waals surface area contributed by atoms with Crippen molar-refractivity contribution in [2.24, 2.45) is 11.8 Å². The van der Waals surface area contributed by atoms with E-state index in [1.807, 2.05) is 13.0 Å². The quantitative estimate of drug-likeness (QED) is 0.919. The SMILES string of the molecule is CC(C(=O)N(C)Cc1cccc(F)c1)C1CNC1.Cl. The van der Waals surface area contributed by atoms with E-state index in [9.17, 15) is 9.18 Å². The topological polar surface area (TPSA) is 32.3 Å². The molecule has 0 aromatic heterocycles. The van der Waals surface area contributed by atoms with Gasteiger partial charge in [-0.25, -0.2) is 4.39 Å². The Labute approximate surface area is 119 Å². The van der Waals surface area contributed by atoms with Gasteiger partial charge in [0.25, 0.3) is 0 Å². The van der Waals surface area contributed by atoms with Crippen LogP contribution in [-0.2, 0) is 11.3 Å². The van der Waals surface area contributed by atoms with Crippen molar-refractivity contribution in [3.63, 3.8) is 0 Å². The zero-order chi connectivity index (χ0) is 13.1. The third kappa shape index (κ3) is 3.91. The fourth-order valence-corrected chi connectivity index (χ4v) is 2.20. The molecule has 0 radical (unpaired) electrons. The smallest absolute Gasteiger partial charge is 0.225 e. The van der Waals surface area contributed by atoms with E-state index in [1.54, 1.807) is 18.0 Å². The Morgan fingerprint density at radius 1 is 1.53 bits per heavy atom. The molecule has 1 aromatic carbocycles. The van der Waals surface area contributed by atoms with E-state index in [0.717, 1.165) is 18.7 Å². The van der Waals surface area contributed by atoms with Crippen LogP contribution in [0.25, 0.3) is 0 Å². The lowest BCUT2D eigenvalue weighted by Crippen LogP contribution is -2.49. The van der Waals surface area contributed by atoms with Crippen LogP contribution in [0.5, 0.6) is 0 Å². The number of halogens is 2. The van der Waals surface area contributed by atoms with Crippen LogP contribution in [0.15, 0.2) is 24.3 Å². The Kier molecular flexibility index (Phi) is 5.76. The van der Waals surface area contributed by atoms with E-state index >= 15 is 0 Å². The van der Waals surface area contributed by atoms with E-state index in [2.05, 4.69) is 5.32 Å². The number of amides is 1. The van der Waals surface area contributed by atoms with Crippen LogP contribution in [0, 0.1) is 17.7 Å². The number of carbonyl (C=O) groups excluding carboxylic acids is 1. The average Bonchev–Trinajstić information content (AvgIpc) is 2.25. The highest BCUT2D eigenvalue weighted by molar-refractivity contribution is 5.85. The molecule has 0 bridgehead atoms. The Bertz CT molecular complexity index is 437. The second-order valence-electron chi connectivity index (χ2n) is 5.03. The number of hydrogen-bond donors (Lipinski definition) is 1. The van der Waals surface area contributed by atoms with Gasteiger partial charge in [-0.1, -0.05) is 19.1 Å². The minimum atomic E-state index is -0.260. The lowest BCUT2D eigenvalue weighted by atomic mass is 9.88. The fourth-order valence-electron chi connectivity index (χ4n) is 2.20. The highest BCUT2D eigenvalue weighted by atomic mass is 35.5. The van der Waals surface area contributed by atoms with Crippen LogP contribution >= 0.6 is 12.4 Å². The van der Waals surface area contributed by atoms with Crippen molar-refractivity contribution in [3.8, 4) is 0 Å². The van der Waals surface area contributed by atoms with Crippen LogP contribution in [-0.4, -0.2) is 30.9 Å². The van der Waals surface area contributed by atoms with Gasteiger partial charge in [0.05, 0.1) is 0 Å². The maximum atomic E-state index is 13.1. The van der Waals surface area contributed by atoms with E-state index in [4.69, 9.17) is 0 Å². The summed E-state index contributed by atoms with van der Waals surface area (Å²) in [4.78, 5) is 13.8. The predicted octanol–water partition coefficient (Wildman–Crippen LogP) is 2.06. The molecule has 1 amide bonds. The summed E-state index contributed by atoms with van der Waals surface area (Å²) in [6, 6.07) is 6.39. The summed E-state index contributed by atoms with van der Waals surface area (Å²) < 4.78 is 13.1. The van der Waals surface area contributed by atoms with Crippen molar-refractivity contribution in [3.05, 3.63) is 35.6 Å². The molecule has 0 saturated carbocycles. The molecule has 5 heteroatoms. The first-order valence-electron chi connectivity index (χ1n) is 6.28. The first-order valence-corrected chi connectivity index (χ1v) is 6.28. The standard InChI is InChI=1S/C14H19FN2O.ClH/c1-10(12-7-16-8-12)14(18)17(2)9-11-4-3-5-13(15)6-11;/h3-6,10,12,16H,7-9H2,1-2H3;1H. The summed E-state index contributed by atoms with van der Waals surface area (Å²) in [6.07, 6.45) is 0. The van der Waals surface area contributed by atoms with Crippen molar-refractivity contribution in [2.75, 3.05) is 20.1 Å². The Balaban J connectivity index is 0.00000180. The molecule has 0 spiro atoms. The molecule has 1 saturated heterocycles. The molecule has 1 heterocycles. The van der Waals surface area contributed by atoms with Gasteiger partial charge < -0.3 is 10.2 Å². The maximum absolute atomic E-state index is 13.1. The summed E-state index contributed by atoms with van der Waals surface area (Å²) in [5, 5.41) is 3.17. The summed E-state index contributed by atoms with van der Waals surface area (Å²) in [5.41, 5.74) is 0.824. The first-order chi connectivity index (χ1) is 8.58. The molecule has 1 atom stereocenters. The predicted molar refractivity (Wildman–Crippen MR) is 75.6 cm³/mol. The van der Waals surface area contributed by atoms with Crippen molar-refractivity contribution in [2.45, 2.75) is 13.5 Å². The lowest BCUT2D eigenvalue weighted by molar-refractivity contribution is -0.136. The molecule has 1 aromatic rings. The van der Waals surface area contributed by atoms with Gasteiger partial charge in [0, 0.05) is 19.5 Å². The van der Waals surface area contributed by atoms with Gasteiger partial charge >= 0.3 is 0 Å². The molecule has 1 N–H and O–H groups in total. The number of nitrogens with zero attached hydrogens (tertiary/aromatic N) is 1. The molecule has 3 nitrogen and oxygen atoms in total. The van der Waals surface area contributed by atoms with E-state index < -0.39 is 0 Å². The minimum Gasteiger partial charge on any atom is -0.341 e. The van der Waals surface area contributed by atoms with E-state index in [0.29, 0.717) is 12.5 Å². The molecule has 19 heavy (non-hydrogen) atoms. The number of carbonyl (C=O) groups is 1. The van der Waals surface area contributed by atoms with Crippen LogP contribution in [0.4, 0.5) is 4.39 Å². The summed E-state index contributed by atoms with van der Waals surface area (Å²) >= 11 is 0. The van der Waals surface area contributed by atoms with Gasteiger partial charge in [-0.2, -0.15) is 0 Å². The molecule has 1 aliphatic heterocycles. The zero-order valence-corrected chi connectivity index (χ0v) is 12.0. The summed E-state index contributed by atoms with van der Waals surface area (Å²) in [6.45, 7) is 4.26. The third-order valence-electron chi connectivity index (χ3n) is 3.59. The highest BCUT2D eigenvalue weighted by Crippen LogP contribution is 2.19. The van der Waals surface area contributed by atoms with Crippen LogP contribution < -0.4 is 5.32 Å². The summed E-state index contributed by atoms with van der Waals surface area (Å²) in [7, 11) is 1.77.